The minimum Gasteiger partial charge on any atom is -0.371 e. The van der Waals surface area contributed by atoms with E-state index < -0.39 is 0 Å². The van der Waals surface area contributed by atoms with Crippen LogP contribution in [0.25, 0.3) is 0 Å². The molecule has 1 aromatic carbocycles. The molecule has 1 aliphatic heterocycles. The number of amides is 2. The van der Waals surface area contributed by atoms with Crippen LogP contribution in [0, 0.1) is 0 Å². The Kier molecular flexibility index (Phi) is 6.53. The third kappa shape index (κ3) is 5.23. The Balaban J connectivity index is 1.74. The van der Waals surface area contributed by atoms with E-state index in [9.17, 15) is 9.59 Å². The maximum Gasteiger partial charge on any atom is 0.253 e. The second kappa shape index (κ2) is 9.06. The van der Waals surface area contributed by atoms with Gasteiger partial charge >= 0.3 is 0 Å². The number of benzene rings is 1. The van der Waals surface area contributed by atoms with Gasteiger partial charge in [-0.25, -0.2) is 0 Å². The third-order valence-corrected chi connectivity index (χ3v) is 5.14. The van der Waals surface area contributed by atoms with Gasteiger partial charge in [-0.05, 0) is 56.7 Å². The van der Waals surface area contributed by atoms with Crippen LogP contribution in [0.15, 0.2) is 18.2 Å². The maximum absolute atomic E-state index is 12.8. The van der Waals surface area contributed by atoms with E-state index in [1.54, 1.807) is 0 Å². The summed E-state index contributed by atoms with van der Waals surface area (Å²) in [7, 11) is 0. The summed E-state index contributed by atoms with van der Waals surface area (Å²) < 4.78 is 0. The summed E-state index contributed by atoms with van der Waals surface area (Å²) in [5, 5.41) is 6.05. The lowest BCUT2D eigenvalue weighted by Gasteiger charge is -2.30. The molecule has 0 atom stereocenters. The summed E-state index contributed by atoms with van der Waals surface area (Å²) in [6, 6.07) is 6.09. The molecule has 0 unspecified atom stereocenters. The molecule has 1 heterocycles. The first-order valence-electron chi connectivity index (χ1n) is 10.2. The number of carbonyl (C=O) groups excluding carboxylic acids is 2. The van der Waals surface area contributed by atoms with Crippen molar-refractivity contribution in [1.29, 1.82) is 0 Å². The van der Waals surface area contributed by atoms with E-state index in [1.165, 1.54) is 19.3 Å². The zero-order valence-electron chi connectivity index (χ0n) is 15.9. The predicted molar refractivity (Wildman–Crippen MR) is 106 cm³/mol. The summed E-state index contributed by atoms with van der Waals surface area (Å²) in [5.41, 5.74) is 2.39. The zero-order valence-corrected chi connectivity index (χ0v) is 15.9. The summed E-state index contributed by atoms with van der Waals surface area (Å²) in [6.45, 7) is 4.11. The van der Waals surface area contributed by atoms with Gasteiger partial charge in [-0.2, -0.15) is 0 Å². The summed E-state index contributed by atoms with van der Waals surface area (Å²) >= 11 is 0. The predicted octanol–water partition coefficient (Wildman–Crippen LogP) is 4.09. The molecule has 2 amide bonds. The molecule has 1 saturated carbocycles. The van der Waals surface area contributed by atoms with E-state index in [4.69, 9.17) is 0 Å². The number of hydrogen-bond acceptors (Lipinski definition) is 3. The van der Waals surface area contributed by atoms with Crippen LogP contribution in [0.5, 0.6) is 0 Å². The molecule has 5 heteroatoms. The van der Waals surface area contributed by atoms with Crippen molar-refractivity contribution in [2.45, 2.75) is 70.8 Å². The van der Waals surface area contributed by atoms with Gasteiger partial charge in [0.2, 0.25) is 5.91 Å². The van der Waals surface area contributed by atoms with Crippen LogP contribution in [0.2, 0.25) is 0 Å². The fourth-order valence-corrected chi connectivity index (χ4v) is 3.46. The smallest absolute Gasteiger partial charge is 0.253 e. The highest BCUT2D eigenvalue weighted by molar-refractivity contribution is 6.02. The molecule has 1 aromatic rings. The van der Waals surface area contributed by atoms with Crippen molar-refractivity contribution in [3.8, 4) is 0 Å². The van der Waals surface area contributed by atoms with Gasteiger partial charge in [-0.3, -0.25) is 9.59 Å². The standard InChI is InChI=1S/C21H31N3O2/c1-2-3-5-8-20(25)22-17-11-12-19(24-13-6-4-7-14-24)18(15-17)21(26)23-16-9-10-16/h11-12,15-16H,2-10,13-14H2,1H3,(H,22,25)(H,23,26). The van der Waals surface area contributed by atoms with Crippen molar-refractivity contribution in [2.75, 3.05) is 23.3 Å². The normalized spacial score (nSPS) is 17.0. The fraction of sp³-hybridized carbons (Fsp3) is 0.619. The van der Waals surface area contributed by atoms with Crippen LogP contribution in [0.1, 0.15) is 75.1 Å². The molecular weight excluding hydrogens is 326 g/mol. The van der Waals surface area contributed by atoms with Gasteiger partial charge in [0.15, 0.2) is 0 Å². The highest BCUT2D eigenvalue weighted by Gasteiger charge is 2.26. The number of rotatable bonds is 8. The Morgan fingerprint density at radius 3 is 2.58 bits per heavy atom. The van der Waals surface area contributed by atoms with Crippen LogP contribution in [0.3, 0.4) is 0 Å². The molecule has 0 spiro atoms. The van der Waals surface area contributed by atoms with Gasteiger partial charge in [0.25, 0.3) is 5.91 Å². The lowest BCUT2D eigenvalue weighted by atomic mass is 10.1. The minimum atomic E-state index is -0.0184. The molecule has 142 valence electrons. The topological polar surface area (TPSA) is 61.4 Å². The third-order valence-electron chi connectivity index (χ3n) is 5.14. The largest absolute Gasteiger partial charge is 0.371 e. The Hall–Kier alpha value is -2.04. The second-order valence-electron chi connectivity index (χ2n) is 7.53. The molecule has 26 heavy (non-hydrogen) atoms. The van der Waals surface area contributed by atoms with Gasteiger partial charge in [0.05, 0.1) is 5.56 Å². The SMILES string of the molecule is CCCCCC(=O)Nc1ccc(N2CCCCC2)c(C(=O)NC2CC2)c1. The van der Waals surface area contributed by atoms with E-state index in [0.29, 0.717) is 23.7 Å². The highest BCUT2D eigenvalue weighted by atomic mass is 16.2. The van der Waals surface area contributed by atoms with Crippen molar-refractivity contribution < 1.29 is 9.59 Å². The number of anilines is 2. The van der Waals surface area contributed by atoms with Crippen molar-refractivity contribution in [2.24, 2.45) is 0 Å². The Morgan fingerprint density at radius 2 is 1.88 bits per heavy atom. The van der Waals surface area contributed by atoms with Crippen molar-refractivity contribution in [3.05, 3.63) is 23.8 Å². The lowest BCUT2D eigenvalue weighted by molar-refractivity contribution is -0.116. The Bertz CT molecular complexity index is 634. The summed E-state index contributed by atoms with van der Waals surface area (Å²) in [5.74, 6) is 0.00730. The molecule has 3 rings (SSSR count). The monoisotopic (exact) mass is 357 g/mol. The summed E-state index contributed by atoms with van der Waals surface area (Å²) in [6.07, 6.45) is 9.33. The van der Waals surface area contributed by atoms with Crippen LogP contribution in [0.4, 0.5) is 11.4 Å². The van der Waals surface area contributed by atoms with Crippen LogP contribution < -0.4 is 15.5 Å². The first-order valence-corrected chi connectivity index (χ1v) is 10.2. The number of nitrogens with zero attached hydrogens (tertiary/aromatic N) is 1. The average molecular weight is 357 g/mol. The zero-order chi connectivity index (χ0) is 18.4. The van der Waals surface area contributed by atoms with E-state index in [-0.39, 0.29) is 11.8 Å². The molecule has 2 N–H and O–H groups in total. The van der Waals surface area contributed by atoms with Crippen molar-refractivity contribution in [1.82, 2.24) is 5.32 Å². The van der Waals surface area contributed by atoms with Gasteiger partial charge in [-0.1, -0.05) is 19.8 Å². The number of nitrogens with one attached hydrogen (secondary N) is 2. The molecule has 1 saturated heterocycles. The average Bonchev–Trinajstić information content (AvgIpc) is 3.46. The molecule has 2 aliphatic rings. The van der Waals surface area contributed by atoms with Crippen LogP contribution in [-0.2, 0) is 4.79 Å². The van der Waals surface area contributed by atoms with Gasteiger partial charge < -0.3 is 15.5 Å². The van der Waals surface area contributed by atoms with Crippen molar-refractivity contribution in [3.63, 3.8) is 0 Å². The minimum absolute atomic E-state index is 0.0184. The molecule has 2 fully saturated rings. The van der Waals surface area contributed by atoms with E-state index in [1.807, 2.05) is 18.2 Å². The number of hydrogen-bond donors (Lipinski definition) is 2. The van der Waals surface area contributed by atoms with Crippen LogP contribution in [-0.4, -0.2) is 30.9 Å². The van der Waals surface area contributed by atoms with Crippen molar-refractivity contribution >= 4 is 23.2 Å². The number of carbonyl (C=O) groups is 2. The quantitative estimate of drug-likeness (QED) is 0.689. The van der Waals surface area contributed by atoms with Crippen LogP contribution >= 0.6 is 0 Å². The van der Waals surface area contributed by atoms with Gasteiger partial charge in [-0.15, -0.1) is 0 Å². The Morgan fingerprint density at radius 1 is 1.12 bits per heavy atom. The molecule has 0 bridgehead atoms. The maximum atomic E-state index is 12.8. The van der Waals surface area contributed by atoms with E-state index >= 15 is 0 Å². The highest BCUT2D eigenvalue weighted by Crippen LogP contribution is 2.28. The molecule has 0 radical (unpaired) electrons. The molecular formula is C21H31N3O2. The fourth-order valence-electron chi connectivity index (χ4n) is 3.46. The second-order valence-corrected chi connectivity index (χ2v) is 7.53. The summed E-state index contributed by atoms with van der Waals surface area (Å²) in [4.78, 5) is 27.2. The number of piperidine rings is 1. The number of unbranched alkanes of at least 4 members (excludes halogenated alkanes) is 2. The van der Waals surface area contributed by atoms with Gasteiger partial charge in [0, 0.05) is 36.9 Å². The van der Waals surface area contributed by atoms with E-state index in [0.717, 1.165) is 50.9 Å². The van der Waals surface area contributed by atoms with Gasteiger partial charge in [0.1, 0.15) is 0 Å². The first kappa shape index (κ1) is 18.7. The molecule has 5 nitrogen and oxygen atoms in total. The molecule has 1 aliphatic carbocycles. The van der Waals surface area contributed by atoms with E-state index in [2.05, 4.69) is 22.5 Å². The Labute approximate surface area is 156 Å². The lowest BCUT2D eigenvalue weighted by Crippen LogP contribution is -2.33. The molecule has 0 aromatic heterocycles. The first-order chi connectivity index (χ1) is 12.7.